The molecule has 0 radical (unpaired) electrons. The van der Waals surface area contributed by atoms with Crippen LogP contribution in [-0.2, 0) is 16.1 Å². The molecule has 0 saturated carbocycles. The Bertz CT molecular complexity index is 502. The standard InChI is InChI=1S/C10H14N6O4/c17-8(18)3-6-9(19)11-1-2-16(6)10(20)12-4-7-13-5-14-15-7/h5-6H,1-4H2,(H,11,19)(H,12,20)(H,17,18)(H,13,14,15). The van der Waals surface area contributed by atoms with Gasteiger partial charge in [0.05, 0.1) is 13.0 Å². The summed E-state index contributed by atoms with van der Waals surface area (Å²) in [6.45, 7) is 0.674. The summed E-state index contributed by atoms with van der Waals surface area (Å²) in [5.74, 6) is -1.14. The predicted octanol–water partition coefficient (Wildman–Crippen LogP) is -1.71. The van der Waals surface area contributed by atoms with Crippen LogP contribution >= 0.6 is 0 Å². The molecule has 0 spiro atoms. The molecule has 10 heteroatoms. The van der Waals surface area contributed by atoms with E-state index in [2.05, 4.69) is 25.8 Å². The summed E-state index contributed by atoms with van der Waals surface area (Å²) < 4.78 is 0. The topological polar surface area (TPSA) is 140 Å². The summed E-state index contributed by atoms with van der Waals surface area (Å²) in [5.41, 5.74) is 0. The van der Waals surface area contributed by atoms with Crippen LogP contribution in [0.3, 0.4) is 0 Å². The minimum atomic E-state index is -1.14. The van der Waals surface area contributed by atoms with Crippen molar-refractivity contribution >= 4 is 17.9 Å². The summed E-state index contributed by atoms with van der Waals surface area (Å²) in [6.07, 6.45) is 0.880. The van der Waals surface area contributed by atoms with E-state index in [0.29, 0.717) is 12.4 Å². The average molecular weight is 282 g/mol. The highest BCUT2D eigenvalue weighted by atomic mass is 16.4. The molecule has 0 bridgehead atoms. The molecule has 1 unspecified atom stereocenters. The summed E-state index contributed by atoms with van der Waals surface area (Å²) in [4.78, 5) is 39.5. The average Bonchev–Trinajstić information content (AvgIpc) is 2.91. The number of nitrogens with zero attached hydrogens (tertiary/aromatic N) is 3. The smallest absolute Gasteiger partial charge is 0.318 e. The molecule has 1 aliphatic heterocycles. The van der Waals surface area contributed by atoms with Crippen LogP contribution < -0.4 is 10.6 Å². The van der Waals surface area contributed by atoms with Crippen LogP contribution in [0.25, 0.3) is 0 Å². The van der Waals surface area contributed by atoms with Crippen molar-refractivity contribution in [3.8, 4) is 0 Å². The minimum absolute atomic E-state index is 0.122. The van der Waals surface area contributed by atoms with Gasteiger partial charge in [-0.15, -0.1) is 0 Å². The molecule has 1 aliphatic rings. The Labute approximate surface area is 113 Å². The number of H-pyrrole nitrogens is 1. The van der Waals surface area contributed by atoms with Crippen LogP contribution in [0.1, 0.15) is 12.2 Å². The summed E-state index contributed by atoms with van der Waals surface area (Å²) in [5, 5.41) is 20.1. The lowest BCUT2D eigenvalue weighted by Crippen LogP contribution is -2.59. The zero-order valence-corrected chi connectivity index (χ0v) is 10.5. The molecule has 1 fully saturated rings. The third-order valence-corrected chi connectivity index (χ3v) is 2.83. The van der Waals surface area contributed by atoms with Gasteiger partial charge in [-0.05, 0) is 0 Å². The molecule has 0 aliphatic carbocycles. The molecular formula is C10H14N6O4. The number of aromatic nitrogens is 3. The quantitative estimate of drug-likeness (QED) is 0.518. The van der Waals surface area contributed by atoms with Crippen molar-refractivity contribution in [2.75, 3.05) is 13.1 Å². The molecule has 108 valence electrons. The van der Waals surface area contributed by atoms with Gasteiger partial charge in [0.2, 0.25) is 5.91 Å². The van der Waals surface area contributed by atoms with Crippen LogP contribution in [-0.4, -0.2) is 62.2 Å². The van der Waals surface area contributed by atoms with Crippen molar-refractivity contribution in [1.82, 2.24) is 30.7 Å². The van der Waals surface area contributed by atoms with Crippen molar-refractivity contribution in [2.45, 2.75) is 19.0 Å². The lowest BCUT2D eigenvalue weighted by atomic mass is 10.1. The van der Waals surface area contributed by atoms with Crippen LogP contribution in [0.5, 0.6) is 0 Å². The molecule has 1 atom stereocenters. The second-order valence-corrected chi connectivity index (χ2v) is 4.19. The molecule has 1 saturated heterocycles. The van der Waals surface area contributed by atoms with Crippen LogP contribution in [0.2, 0.25) is 0 Å². The Morgan fingerprint density at radius 1 is 1.55 bits per heavy atom. The third-order valence-electron chi connectivity index (χ3n) is 2.83. The molecule has 1 aromatic heterocycles. The largest absolute Gasteiger partial charge is 0.481 e. The van der Waals surface area contributed by atoms with Gasteiger partial charge in [-0.3, -0.25) is 14.7 Å². The fourth-order valence-corrected chi connectivity index (χ4v) is 1.90. The Morgan fingerprint density at radius 2 is 2.35 bits per heavy atom. The number of rotatable bonds is 4. The number of amides is 3. The molecule has 4 N–H and O–H groups in total. The van der Waals surface area contributed by atoms with Crippen molar-refractivity contribution in [2.24, 2.45) is 0 Å². The molecule has 0 aromatic carbocycles. The number of aliphatic carboxylic acids is 1. The number of aromatic amines is 1. The lowest BCUT2D eigenvalue weighted by molar-refractivity contribution is -0.142. The fourth-order valence-electron chi connectivity index (χ4n) is 1.90. The molecule has 2 rings (SSSR count). The van der Waals surface area contributed by atoms with E-state index >= 15 is 0 Å². The van der Waals surface area contributed by atoms with Gasteiger partial charge < -0.3 is 20.6 Å². The van der Waals surface area contributed by atoms with Crippen molar-refractivity contribution < 1.29 is 19.5 Å². The number of carbonyl (C=O) groups is 3. The van der Waals surface area contributed by atoms with Gasteiger partial charge in [-0.25, -0.2) is 9.78 Å². The number of carboxylic acids is 1. The van der Waals surface area contributed by atoms with E-state index in [9.17, 15) is 14.4 Å². The summed E-state index contributed by atoms with van der Waals surface area (Å²) >= 11 is 0. The number of piperazine rings is 1. The minimum Gasteiger partial charge on any atom is -0.481 e. The zero-order chi connectivity index (χ0) is 14.5. The van der Waals surface area contributed by atoms with E-state index < -0.39 is 30.4 Å². The van der Waals surface area contributed by atoms with Crippen molar-refractivity contribution in [3.05, 3.63) is 12.2 Å². The Morgan fingerprint density at radius 3 is 3.00 bits per heavy atom. The van der Waals surface area contributed by atoms with E-state index in [1.54, 1.807) is 0 Å². The first-order valence-corrected chi connectivity index (χ1v) is 5.96. The number of hydrogen-bond acceptors (Lipinski definition) is 5. The summed E-state index contributed by atoms with van der Waals surface area (Å²) in [6, 6.07) is -1.52. The Kier molecular flexibility index (Phi) is 4.13. The van der Waals surface area contributed by atoms with Gasteiger partial charge in [-0.2, -0.15) is 5.10 Å². The first-order valence-electron chi connectivity index (χ1n) is 5.96. The Hall–Kier alpha value is -2.65. The van der Waals surface area contributed by atoms with Gasteiger partial charge in [-0.1, -0.05) is 0 Å². The first-order chi connectivity index (χ1) is 9.58. The number of carboxylic acid groups (broad SMARTS) is 1. The fraction of sp³-hybridized carbons (Fsp3) is 0.500. The van der Waals surface area contributed by atoms with E-state index in [4.69, 9.17) is 5.11 Å². The lowest BCUT2D eigenvalue weighted by Gasteiger charge is -2.34. The molecule has 1 aromatic rings. The van der Waals surface area contributed by atoms with Crippen LogP contribution in [0.4, 0.5) is 4.79 Å². The van der Waals surface area contributed by atoms with E-state index in [1.807, 2.05) is 0 Å². The van der Waals surface area contributed by atoms with Crippen LogP contribution in [0, 0.1) is 0 Å². The van der Waals surface area contributed by atoms with Crippen molar-refractivity contribution in [1.29, 1.82) is 0 Å². The maximum Gasteiger partial charge on any atom is 0.318 e. The summed E-state index contributed by atoms with van der Waals surface area (Å²) in [7, 11) is 0. The van der Waals surface area contributed by atoms with E-state index in [-0.39, 0.29) is 13.1 Å². The van der Waals surface area contributed by atoms with Crippen LogP contribution in [0.15, 0.2) is 6.33 Å². The molecule has 2 heterocycles. The number of nitrogens with one attached hydrogen (secondary N) is 3. The highest BCUT2D eigenvalue weighted by Gasteiger charge is 2.34. The second kappa shape index (κ2) is 5.99. The SMILES string of the molecule is O=C(O)CC1C(=O)NCCN1C(=O)NCc1ncn[nH]1. The van der Waals surface area contributed by atoms with E-state index in [0.717, 1.165) is 0 Å². The predicted molar refractivity (Wildman–Crippen MR) is 64.4 cm³/mol. The van der Waals surface area contributed by atoms with Gasteiger partial charge in [0, 0.05) is 13.1 Å². The van der Waals surface area contributed by atoms with Gasteiger partial charge in [0.25, 0.3) is 0 Å². The van der Waals surface area contributed by atoms with Gasteiger partial charge >= 0.3 is 12.0 Å². The van der Waals surface area contributed by atoms with Gasteiger partial charge in [0.15, 0.2) is 0 Å². The second-order valence-electron chi connectivity index (χ2n) is 4.19. The highest BCUT2D eigenvalue weighted by molar-refractivity contribution is 5.91. The molecule has 20 heavy (non-hydrogen) atoms. The Balaban J connectivity index is 1.97. The van der Waals surface area contributed by atoms with E-state index in [1.165, 1.54) is 11.2 Å². The monoisotopic (exact) mass is 282 g/mol. The molecule has 10 nitrogen and oxygen atoms in total. The maximum atomic E-state index is 12.0. The first kappa shape index (κ1) is 13.8. The zero-order valence-electron chi connectivity index (χ0n) is 10.5. The number of hydrogen-bond donors (Lipinski definition) is 4. The highest BCUT2D eigenvalue weighted by Crippen LogP contribution is 2.09. The third kappa shape index (κ3) is 3.22. The maximum absolute atomic E-state index is 12.0. The van der Waals surface area contributed by atoms with Gasteiger partial charge in [0.1, 0.15) is 18.2 Å². The molecule has 3 amide bonds. The molecular weight excluding hydrogens is 268 g/mol. The number of urea groups is 1. The number of carbonyl (C=O) groups excluding carboxylic acids is 2. The normalized spacial score (nSPS) is 18.5. The van der Waals surface area contributed by atoms with Crippen molar-refractivity contribution in [3.63, 3.8) is 0 Å².